The number of pyridine rings is 2. The molecule has 5 nitrogen and oxygen atoms in total. The molecule has 0 unspecified atom stereocenters. The van der Waals surface area contributed by atoms with Gasteiger partial charge in [0.25, 0.3) is 5.91 Å². The second-order valence-corrected chi connectivity index (χ2v) is 5.31. The number of hydrazine groups is 1. The molecule has 0 spiro atoms. The summed E-state index contributed by atoms with van der Waals surface area (Å²) in [5.74, 6) is -0.812. The lowest BCUT2D eigenvalue weighted by molar-refractivity contribution is -0.137. The largest absolute Gasteiger partial charge is 0.417 e. The molecule has 2 rings (SSSR count). The zero-order valence-electron chi connectivity index (χ0n) is 10.9. The number of nitrogens with one attached hydrogen (secondary N) is 2. The van der Waals surface area contributed by atoms with Gasteiger partial charge in [0.05, 0.1) is 10.6 Å². The van der Waals surface area contributed by atoms with E-state index < -0.39 is 17.6 Å². The van der Waals surface area contributed by atoms with Crippen molar-refractivity contribution in [2.75, 3.05) is 5.43 Å². The molecule has 0 saturated heterocycles. The molecule has 11 heteroatoms. The Morgan fingerprint density at radius 3 is 2.22 bits per heavy atom. The van der Waals surface area contributed by atoms with Crippen LogP contribution in [0, 0.1) is 0 Å². The third-order valence-electron chi connectivity index (χ3n) is 2.49. The van der Waals surface area contributed by atoms with Gasteiger partial charge in [-0.15, -0.1) is 0 Å². The lowest BCUT2D eigenvalue weighted by Gasteiger charge is -2.11. The summed E-state index contributed by atoms with van der Waals surface area (Å²) in [7, 11) is 0. The Morgan fingerprint density at radius 1 is 1.09 bits per heavy atom. The monoisotopic (exact) mass is 384 g/mol. The van der Waals surface area contributed by atoms with Gasteiger partial charge in [-0.1, -0.05) is 34.8 Å². The van der Waals surface area contributed by atoms with E-state index >= 15 is 0 Å². The van der Waals surface area contributed by atoms with E-state index in [1.165, 1.54) is 12.1 Å². The number of anilines is 1. The minimum Gasteiger partial charge on any atom is -0.280 e. The minimum absolute atomic E-state index is 0.00772. The molecular weight excluding hydrogens is 380 g/mol. The number of nitrogens with zero attached hydrogens (tertiary/aromatic N) is 2. The first-order chi connectivity index (χ1) is 10.7. The standard InChI is InChI=1S/C12H6Cl3F3N4O/c13-7-3-6(12(16,17)18)4-19-10(7)21-22-11(23)5-1-8(14)20-9(15)2-5/h1-4H,(H,19,21)(H,22,23). The summed E-state index contributed by atoms with van der Waals surface area (Å²) in [5.41, 5.74) is 3.60. The summed E-state index contributed by atoms with van der Waals surface area (Å²) < 4.78 is 37.5. The van der Waals surface area contributed by atoms with E-state index in [-0.39, 0.29) is 26.7 Å². The van der Waals surface area contributed by atoms with E-state index in [9.17, 15) is 18.0 Å². The SMILES string of the molecule is O=C(NNc1ncc(C(F)(F)F)cc1Cl)c1cc(Cl)nc(Cl)c1. The maximum atomic E-state index is 12.5. The maximum absolute atomic E-state index is 12.5. The molecule has 0 fully saturated rings. The first-order valence-electron chi connectivity index (χ1n) is 5.79. The zero-order chi connectivity index (χ0) is 17.2. The second-order valence-electron chi connectivity index (χ2n) is 4.13. The van der Waals surface area contributed by atoms with Gasteiger partial charge in [0.1, 0.15) is 10.3 Å². The van der Waals surface area contributed by atoms with E-state index in [0.29, 0.717) is 12.3 Å². The molecule has 0 atom stereocenters. The summed E-state index contributed by atoms with van der Waals surface area (Å²) in [6.45, 7) is 0. The van der Waals surface area contributed by atoms with Crippen molar-refractivity contribution in [1.82, 2.24) is 15.4 Å². The number of aromatic nitrogens is 2. The fraction of sp³-hybridized carbons (Fsp3) is 0.0833. The van der Waals surface area contributed by atoms with Gasteiger partial charge in [0.15, 0.2) is 5.82 Å². The average Bonchev–Trinajstić information content (AvgIpc) is 2.43. The van der Waals surface area contributed by atoms with Gasteiger partial charge < -0.3 is 0 Å². The Hall–Kier alpha value is -1.77. The zero-order valence-corrected chi connectivity index (χ0v) is 13.1. The highest BCUT2D eigenvalue weighted by Crippen LogP contribution is 2.32. The van der Waals surface area contributed by atoms with Crippen molar-refractivity contribution in [3.05, 3.63) is 50.9 Å². The predicted molar refractivity (Wildman–Crippen MR) is 79.6 cm³/mol. The third-order valence-corrected chi connectivity index (χ3v) is 3.16. The molecule has 0 radical (unpaired) electrons. The van der Waals surface area contributed by atoms with Gasteiger partial charge in [-0.3, -0.25) is 15.6 Å². The predicted octanol–water partition coefficient (Wildman–Crippen LogP) is 4.21. The maximum Gasteiger partial charge on any atom is 0.417 e. The van der Waals surface area contributed by atoms with Crippen molar-refractivity contribution in [1.29, 1.82) is 0 Å². The quantitative estimate of drug-likeness (QED) is 0.613. The molecule has 0 aliphatic carbocycles. The summed E-state index contributed by atoms with van der Waals surface area (Å²) in [4.78, 5) is 19.1. The molecule has 2 aromatic heterocycles. The molecule has 0 aliphatic heterocycles. The number of carbonyl (C=O) groups is 1. The normalized spacial score (nSPS) is 11.2. The minimum atomic E-state index is -4.57. The molecule has 0 aromatic carbocycles. The molecule has 23 heavy (non-hydrogen) atoms. The molecule has 1 amide bonds. The second kappa shape index (κ2) is 6.77. The number of alkyl halides is 3. The van der Waals surface area contributed by atoms with Gasteiger partial charge in [0, 0.05) is 11.8 Å². The first-order valence-corrected chi connectivity index (χ1v) is 6.92. The Morgan fingerprint density at radius 2 is 1.70 bits per heavy atom. The lowest BCUT2D eigenvalue weighted by Crippen LogP contribution is -2.30. The van der Waals surface area contributed by atoms with Crippen LogP contribution in [0.2, 0.25) is 15.3 Å². The van der Waals surface area contributed by atoms with Crippen LogP contribution in [0.4, 0.5) is 19.0 Å². The summed E-state index contributed by atoms with van der Waals surface area (Å²) in [5, 5.41) is -0.299. The van der Waals surface area contributed by atoms with Gasteiger partial charge in [0.2, 0.25) is 0 Å². The summed E-state index contributed by atoms with van der Waals surface area (Å²) in [6.07, 6.45) is -3.98. The van der Waals surface area contributed by atoms with E-state index in [1.807, 2.05) is 0 Å². The van der Waals surface area contributed by atoms with E-state index in [0.717, 1.165) is 0 Å². The van der Waals surface area contributed by atoms with Crippen LogP contribution < -0.4 is 10.9 Å². The molecule has 0 aliphatic rings. The highest BCUT2D eigenvalue weighted by atomic mass is 35.5. The lowest BCUT2D eigenvalue weighted by atomic mass is 10.2. The molecule has 2 heterocycles. The summed E-state index contributed by atoms with van der Waals surface area (Å²) >= 11 is 17.0. The number of carbonyl (C=O) groups excluding carboxylic acids is 1. The van der Waals surface area contributed by atoms with Gasteiger partial charge in [-0.25, -0.2) is 9.97 Å². The van der Waals surface area contributed by atoms with Gasteiger partial charge in [-0.05, 0) is 18.2 Å². The highest BCUT2D eigenvalue weighted by molar-refractivity contribution is 6.33. The fourth-order valence-electron chi connectivity index (χ4n) is 1.47. The number of halogens is 6. The van der Waals surface area contributed by atoms with Crippen LogP contribution >= 0.6 is 34.8 Å². The highest BCUT2D eigenvalue weighted by Gasteiger charge is 2.31. The van der Waals surface area contributed by atoms with Gasteiger partial charge >= 0.3 is 6.18 Å². The van der Waals surface area contributed by atoms with Crippen LogP contribution in [0.1, 0.15) is 15.9 Å². The molecular formula is C12H6Cl3F3N4O. The van der Waals surface area contributed by atoms with Crippen molar-refractivity contribution < 1.29 is 18.0 Å². The molecule has 0 bridgehead atoms. The first kappa shape index (κ1) is 17.6. The number of hydrogen-bond acceptors (Lipinski definition) is 4. The molecule has 2 N–H and O–H groups in total. The van der Waals surface area contributed by atoms with E-state index in [2.05, 4.69) is 20.8 Å². The van der Waals surface area contributed by atoms with Crippen LogP contribution in [-0.4, -0.2) is 15.9 Å². The summed E-state index contributed by atoms with van der Waals surface area (Å²) in [6, 6.07) is 3.20. The van der Waals surface area contributed by atoms with E-state index in [4.69, 9.17) is 34.8 Å². The van der Waals surface area contributed by atoms with Crippen LogP contribution in [0.3, 0.4) is 0 Å². The van der Waals surface area contributed by atoms with E-state index in [1.54, 1.807) is 0 Å². The third kappa shape index (κ3) is 4.60. The van der Waals surface area contributed by atoms with Crippen molar-refractivity contribution in [3.8, 4) is 0 Å². The van der Waals surface area contributed by atoms with Crippen molar-refractivity contribution >= 4 is 46.5 Å². The van der Waals surface area contributed by atoms with Crippen molar-refractivity contribution in [2.24, 2.45) is 0 Å². The Kier molecular flexibility index (Phi) is 5.18. The molecule has 122 valence electrons. The Labute approximate surface area is 142 Å². The Balaban J connectivity index is 2.10. The number of rotatable bonds is 3. The molecule has 0 saturated carbocycles. The Bertz CT molecular complexity index is 735. The van der Waals surface area contributed by atoms with Gasteiger partial charge in [-0.2, -0.15) is 13.2 Å². The van der Waals surface area contributed by atoms with Crippen LogP contribution in [0.5, 0.6) is 0 Å². The smallest absolute Gasteiger partial charge is 0.280 e. The van der Waals surface area contributed by atoms with Crippen LogP contribution in [-0.2, 0) is 6.18 Å². The topological polar surface area (TPSA) is 66.9 Å². The van der Waals surface area contributed by atoms with Crippen molar-refractivity contribution in [2.45, 2.75) is 6.18 Å². The average molecular weight is 386 g/mol. The van der Waals surface area contributed by atoms with Crippen molar-refractivity contribution in [3.63, 3.8) is 0 Å². The van der Waals surface area contributed by atoms with Crippen LogP contribution in [0.15, 0.2) is 24.4 Å². The van der Waals surface area contributed by atoms with Crippen LogP contribution in [0.25, 0.3) is 0 Å². The fourth-order valence-corrected chi connectivity index (χ4v) is 2.14. The number of hydrogen-bond donors (Lipinski definition) is 2. The number of amides is 1. The molecule has 2 aromatic rings.